The van der Waals surface area contributed by atoms with E-state index in [4.69, 9.17) is 11.6 Å². The van der Waals surface area contributed by atoms with E-state index in [9.17, 15) is 4.79 Å². The van der Waals surface area contributed by atoms with Gasteiger partial charge in [-0.1, -0.05) is 35.9 Å². The van der Waals surface area contributed by atoms with Crippen molar-refractivity contribution in [3.63, 3.8) is 0 Å². The second kappa shape index (κ2) is 8.52. The molecule has 1 unspecified atom stereocenters. The van der Waals surface area contributed by atoms with Gasteiger partial charge in [0.15, 0.2) is 0 Å². The minimum Gasteiger partial charge on any atom is -0.378 e. The topological polar surface area (TPSA) is 59.6 Å². The Balaban J connectivity index is 1.54. The van der Waals surface area contributed by atoms with Gasteiger partial charge in [-0.2, -0.15) is 0 Å². The maximum atomic E-state index is 11.7. The van der Waals surface area contributed by atoms with Crippen LogP contribution >= 0.6 is 11.6 Å². The van der Waals surface area contributed by atoms with Crippen molar-refractivity contribution in [3.8, 4) is 0 Å². The SMILES string of the molecule is CC(=O)N1CC=C(c2ccc3c(c2)C(Nc2cccc(Cl)c2)CCN2NNC(C)=C32)CC1. The van der Waals surface area contributed by atoms with Crippen molar-refractivity contribution in [1.29, 1.82) is 0 Å². The molecular formula is C25H28ClN5O. The molecule has 6 nitrogen and oxygen atoms in total. The van der Waals surface area contributed by atoms with Crippen LogP contribution in [0.2, 0.25) is 5.02 Å². The molecule has 0 fully saturated rings. The fourth-order valence-electron chi connectivity index (χ4n) is 4.81. The molecule has 32 heavy (non-hydrogen) atoms. The van der Waals surface area contributed by atoms with Crippen LogP contribution in [-0.2, 0) is 4.79 Å². The number of nitrogens with zero attached hydrogens (tertiary/aromatic N) is 2. The molecule has 0 saturated heterocycles. The summed E-state index contributed by atoms with van der Waals surface area (Å²) < 4.78 is 0. The zero-order valence-electron chi connectivity index (χ0n) is 18.4. The number of hydrazine groups is 2. The molecule has 3 aliphatic heterocycles. The Bertz CT molecular complexity index is 1130. The number of hydrogen-bond acceptors (Lipinski definition) is 5. The van der Waals surface area contributed by atoms with Crippen LogP contribution < -0.4 is 16.3 Å². The summed E-state index contributed by atoms with van der Waals surface area (Å²) in [7, 11) is 0. The smallest absolute Gasteiger partial charge is 0.219 e. The highest BCUT2D eigenvalue weighted by Crippen LogP contribution is 2.39. The Morgan fingerprint density at radius 3 is 2.81 bits per heavy atom. The highest BCUT2D eigenvalue weighted by atomic mass is 35.5. The largest absolute Gasteiger partial charge is 0.378 e. The van der Waals surface area contributed by atoms with E-state index in [1.165, 1.54) is 28.0 Å². The average molecular weight is 450 g/mol. The van der Waals surface area contributed by atoms with Gasteiger partial charge < -0.3 is 15.6 Å². The predicted molar refractivity (Wildman–Crippen MR) is 129 cm³/mol. The number of carbonyl (C=O) groups excluding carboxylic acids is 1. The third-order valence-corrected chi connectivity index (χ3v) is 6.75. The van der Waals surface area contributed by atoms with Gasteiger partial charge in [0.2, 0.25) is 5.91 Å². The fraction of sp³-hybridized carbons (Fsp3) is 0.320. The number of nitrogens with one attached hydrogen (secondary N) is 3. The summed E-state index contributed by atoms with van der Waals surface area (Å²) in [5.41, 5.74) is 14.9. The number of carbonyl (C=O) groups is 1. The highest BCUT2D eigenvalue weighted by Gasteiger charge is 2.30. The Morgan fingerprint density at radius 2 is 2.06 bits per heavy atom. The molecule has 1 atom stereocenters. The van der Waals surface area contributed by atoms with E-state index in [0.29, 0.717) is 6.54 Å². The van der Waals surface area contributed by atoms with Gasteiger partial charge in [-0.15, -0.1) is 5.53 Å². The maximum absolute atomic E-state index is 11.7. The second-order valence-electron chi connectivity index (χ2n) is 8.60. The van der Waals surface area contributed by atoms with Crippen LogP contribution in [0.5, 0.6) is 0 Å². The molecule has 0 bridgehead atoms. The molecular weight excluding hydrogens is 422 g/mol. The summed E-state index contributed by atoms with van der Waals surface area (Å²) in [6, 6.07) is 14.8. The van der Waals surface area contributed by atoms with E-state index < -0.39 is 0 Å². The lowest BCUT2D eigenvalue weighted by molar-refractivity contribution is -0.128. The molecule has 3 N–H and O–H groups in total. The third kappa shape index (κ3) is 3.96. The highest BCUT2D eigenvalue weighted by molar-refractivity contribution is 6.30. The van der Waals surface area contributed by atoms with Crippen molar-refractivity contribution in [2.24, 2.45) is 0 Å². The van der Waals surface area contributed by atoms with Crippen molar-refractivity contribution in [3.05, 3.63) is 76.0 Å². The average Bonchev–Trinajstić information content (AvgIpc) is 3.08. The molecule has 2 aromatic rings. The zero-order chi connectivity index (χ0) is 22.2. The van der Waals surface area contributed by atoms with Crippen molar-refractivity contribution in [2.45, 2.75) is 32.7 Å². The van der Waals surface area contributed by atoms with Crippen molar-refractivity contribution in [2.75, 3.05) is 25.0 Å². The first-order valence-corrected chi connectivity index (χ1v) is 11.5. The van der Waals surface area contributed by atoms with Crippen molar-refractivity contribution >= 4 is 34.5 Å². The second-order valence-corrected chi connectivity index (χ2v) is 9.04. The summed E-state index contributed by atoms with van der Waals surface area (Å²) in [4.78, 5) is 13.6. The van der Waals surface area contributed by atoms with Crippen LogP contribution in [0.4, 0.5) is 5.69 Å². The van der Waals surface area contributed by atoms with Gasteiger partial charge in [0.25, 0.3) is 0 Å². The molecule has 1 amide bonds. The number of rotatable bonds is 3. The van der Waals surface area contributed by atoms with Crippen LogP contribution in [0.15, 0.2) is 54.2 Å². The molecule has 0 saturated carbocycles. The molecule has 3 heterocycles. The molecule has 0 aliphatic carbocycles. The molecule has 0 radical (unpaired) electrons. The van der Waals surface area contributed by atoms with Crippen LogP contribution in [0.1, 0.15) is 49.4 Å². The summed E-state index contributed by atoms with van der Waals surface area (Å²) in [5, 5.41) is 6.64. The Kier molecular flexibility index (Phi) is 5.57. The predicted octanol–water partition coefficient (Wildman–Crippen LogP) is 4.55. The third-order valence-electron chi connectivity index (χ3n) is 6.52. The lowest BCUT2D eigenvalue weighted by atomic mass is 9.90. The fourth-order valence-corrected chi connectivity index (χ4v) is 5.00. The number of anilines is 1. The van der Waals surface area contributed by atoms with Gasteiger partial charge in [0, 0.05) is 42.8 Å². The first kappa shape index (κ1) is 20.9. The van der Waals surface area contributed by atoms with Gasteiger partial charge in [0.1, 0.15) is 0 Å². The van der Waals surface area contributed by atoms with Crippen LogP contribution in [0.3, 0.4) is 0 Å². The van der Waals surface area contributed by atoms with Crippen LogP contribution in [-0.4, -0.2) is 35.5 Å². The number of fused-ring (bicyclic) bond motifs is 3. The monoisotopic (exact) mass is 449 g/mol. The summed E-state index contributed by atoms with van der Waals surface area (Å²) in [6.07, 6.45) is 4.01. The molecule has 2 aromatic carbocycles. The van der Waals surface area contributed by atoms with Crippen molar-refractivity contribution in [1.82, 2.24) is 20.9 Å². The van der Waals surface area contributed by atoms with Crippen molar-refractivity contribution < 1.29 is 4.79 Å². The van der Waals surface area contributed by atoms with Gasteiger partial charge >= 0.3 is 0 Å². The number of benzene rings is 2. The van der Waals surface area contributed by atoms with Gasteiger partial charge in [-0.25, -0.2) is 0 Å². The van der Waals surface area contributed by atoms with E-state index in [-0.39, 0.29) is 11.9 Å². The lowest BCUT2D eigenvalue weighted by Crippen LogP contribution is -2.37. The van der Waals surface area contributed by atoms with Gasteiger partial charge in [-0.3, -0.25) is 9.80 Å². The van der Waals surface area contributed by atoms with E-state index in [0.717, 1.165) is 42.3 Å². The van der Waals surface area contributed by atoms with E-state index in [1.54, 1.807) is 6.92 Å². The Labute approximate surface area is 193 Å². The number of hydrogen-bond donors (Lipinski definition) is 3. The molecule has 166 valence electrons. The number of allylic oxidation sites excluding steroid dienone is 1. The number of amides is 1. The standard InChI is InChI=1S/C25H28ClN5O/c1-16-25-22-7-6-19(18-8-11-30(12-9-18)17(2)32)14-23(22)24(10-13-31(25)29-28-16)27-21-5-3-4-20(26)15-21/h3-8,14-15,24,27-29H,9-13H2,1-2H3. The van der Waals surface area contributed by atoms with Crippen LogP contribution in [0.25, 0.3) is 11.3 Å². The summed E-state index contributed by atoms with van der Waals surface area (Å²) in [6.45, 7) is 6.06. The Hall–Kier alpha value is -2.96. The van der Waals surface area contributed by atoms with E-state index in [1.807, 2.05) is 23.1 Å². The normalized spacial score (nSPS) is 20.2. The molecule has 0 spiro atoms. The Morgan fingerprint density at radius 1 is 1.19 bits per heavy atom. The van der Waals surface area contributed by atoms with Gasteiger partial charge in [-0.05, 0) is 60.7 Å². The summed E-state index contributed by atoms with van der Waals surface area (Å²) >= 11 is 6.24. The maximum Gasteiger partial charge on any atom is 0.219 e. The zero-order valence-corrected chi connectivity index (χ0v) is 19.2. The quantitative estimate of drug-likeness (QED) is 0.642. The molecule has 3 aliphatic rings. The molecule has 5 rings (SSSR count). The van der Waals surface area contributed by atoms with E-state index in [2.05, 4.69) is 58.6 Å². The number of halogens is 1. The summed E-state index contributed by atoms with van der Waals surface area (Å²) in [5.74, 6) is 0.136. The van der Waals surface area contributed by atoms with Crippen LogP contribution in [0, 0.1) is 0 Å². The molecule has 7 heteroatoms. The van der Waals surface area contributed by atoms with Gasteiger partial charge in [0.05, 0.1) is 17.4 Å². The minimum atomic E-state index is 0.136. The first-order chi connectivity index (χ1) is 15.5. The minimum absolute atomic E-state index is 0.136. The lowest BCUT2D eigenvalue weighted by Gasteiger charge is -2.26. The first-order valence-electron chi connectivity index (χ1n) is 11.1. The van der Waals surface area contributed by atoms with E-state index >= 15 is 0 Å². The molecule has 0 aromatic heterocycles.